The first-order chi connectivity index (χ1) is 7.50. The number of rotatable bonds is 5. The highest BCUT2D eigenvalue weighted by atomic mass is 35.5. The highest BCUT2D eigenvalue weighted by Gasteiger charge is 2.13. The highest BCUT2D eigenvalue weighted by Crippen LogP contribution is 2.23. The summed E-state index contributed by atoms with van der Waals surface area (Å²) < 4.78 is 0. The number of halogens is 1. The molecular formula is C11H15ClN2O2. The van der Waals surface area contributed by atoms with Crippen LogP contribution < -0.4 is 0 Å². The van der Waals surface area contributed by atoms with E-state index in [-0.39, 0.29) is 10.6 Å². The van der Waals surface area contributed by atoms with Gasteiger partial charge in [-0.1, -0.05) is 11.6 Å². The minimum Gasteiger partial charge on any atom is -0.309 e. The van der Waals surface area contributed by atoms with Gasteiger partial charge in [-0.25, -0.2) is 0 Å². The Kier molecular flexibility index (Phi) is 4.71. The number of nitro groups is 1. The first-order valence-electron chi connectivity index (χ1n) is 5.08. The zero-order chi connectivity index (χ0) is 12.1. The summed E-state index contributed by atoms with van der Waals surface area (Å²) in [6.07, 6.45) is 1.56. The molecule has 0 aliphatic heterocycles. The average Bonchev–Trinajstić information content (AvgIpc) is 2.16. The summed E-state index contributed by atoms with van der Waals surface area (Å²) in [5.41, 5.74) is 0.863. The molecule has 0 N–H and O–H groups in total. The first-order valence-corrected chi connectivity index (χ1v) is 5.46. The fraction of sp³-hybridized carbons (Fsp3) is 0.455. The molecule has 0 aromatic heterocycles. The van der Waals surface area contributed by atoms with Crippen LogP contribution in [0.15, 0.2) is 18.2 Å². The van der Waals surface area contributed by atoms with Gasteiger partial charge in [-0.3, -0.25) is 10.1 Å². The van der Waals surface area contributed by atoms with E-state index in [4.69, 9.17) is 11.6 Å². The molecule has 0 bridgehead atoms. The molecule has 0 amide bonds. The van der Waals surface area contributed by atoms with E-state index in [1.807, 2.05) is 14.1 Å². The fourth-order valence-electron chi connectivity index (χ4n) is 1.52. The lowest BCUT2D eigenvalue weighted by molar-refractivity contribution is -0.385. The van der Waals surface area contributed by atoms with Gasteiger partial charge in [0.1, 0.15) is 0 Å². The Morgan fingerprint density at radius 1 is 1.44 bits per heavy atom. The zero-order valence-corrected chi connectivity index (χ0v) is 10.2. The number of aryl methyl sites for hydroxylation is 1. The van der Waals surface area contributed by atoms with E-state index < -0.39 is 0 Å². The lowest BCUT2D eigenvalue weighted by Gasteiger charge is -2.09. The van der Waals surface area contributed by atoms with Gasteiger partial charge >= 0.3 is 0 Å². The summed E-state index contributed by atoms with van der Waals surface area (Å²) >= 11 is 5.83. The minimum absolute atomic E-state index is 0.156. The maximum atomic E-state index is 10.8. The number of nitrogens with zero attached hydrogens (tertiary/aromatic N) is 2. The number of hydrogen-bond donors (Lipinski definition) is 0. The van der Waals surface area contributed by atoms with Crippen molar-refractivity contribution >= 4 is 17.3 Å². The third-order valence-corrected chi connectivity index (χ3v) is 2.52. The van der Waals surface area contributed by atoms with Crippen LogP contribution in [0.3, 0.4) is 0 Å². The summed E-state index contributed by atoms with van der Waals surface area (Å²) in [7, 11) is 3.96. The number of hydrogen-bond acceptors (Lipinski definition) is 3. The Labute approximate surface area is 100.0 Å². The lowest BCUT2D eigenvalue weighted by atomic mass is 10.1. The first kappa shape index (κ1) is 12.9. The molecule has 0 atom stereocenters. The van der Waals surface area contributed by atoms with Crippen molar-refractivity contribution in [2.45, 2.75) is 12.8 Å². The predicted octanol–water partition coefficient (Wildman–Crippen LogP) is 2.74. The molecule has 0 aliphatic carbocycles. The van der Waals surface area contributed by atoms with Gasteiger partial charge in [0, 0.05) is 16.7 Å². The summed E-state index contributed by atoms with van der Waals surface area (Å²) in [4.78, 5) is 12.5. The third kappa shape index (κ3) is 3.79. The molecule has 0 fully saturated rings. The van der Waals surface area contributed by atoms with Gasteiger partial charge in [0.05, 0.1) is 4.92 Å². The Balaban J connectivity index is 2.76. The van der Waals surface area contributed by atoms with Crippen LogP contribution in [-0.4, -0.2) is 30.5 Å². The summed E-state index contributed by atoms with van der Waals surface area (Å²) in [6.45, 7) is 0.906. The molecule has 0 radical (unpaired) electrons. The van der Waals surface area contributed by atoms with E-state index >= 15 is 0 Å². The molecule has 0 aliphatic rings. The molecule has 88 valence electrons. The van der Waals surface area contributed by atoms with Crippen LogP contribution >= 0.6 is 11.6 Å². The second-order valence-corrected chi connectivity index (χ2v) is 4.37. The van der Waals surface area contributed by atoms with Crippen LogP contribution in [0.4, 0.5) is 5.69 Å². The van der Waals surface area contributed by atoms with E-state index in [9.17, 15) is 10.1 Å². The molecule has 0 saturated carbocycles. The van der Waals surface area contributed by atoms with Gasteiger partial charge in [0.2, 0.25) is 0 Å². The van der Waals surface area contributed by atoms with Crippen molar-refractivity contribution in [3.63, 3.8) is 0 Å². The van der Waals surface area contributed by atoms with Gasteiger partial charge in [0.25, 0.3) is 5.69 Å². The quantitative estimate of drug-likeness (QED) is 0.589. The van der Waals surface area contributed by atoms with Crippen molar-refractivity contribution in [2.24, 2.45) is 0 Å². The van der Waals surface area contributed by atoms with Crippen LogP contribution in [0.25, 0.3) is 0 Å². The van der Waals surface area contributed by atoms with Gasteiger partial charge in [-0.15, -0.1) is 0 Å². The van der Waals surface area contributed by atoms with Gasteiger partial charge in [-0.2, -0.15) is 0 Å². The molecule has 0 spiro atoms. The van der Waals surface area contributed by atoms with E-state index in [0.717, 1.165) is 13.0 Å². The maximum Gasteiger partial charge on any atom is 0.272 e. The predicted molar refractivity (Wildman–Crippen MR) is 65.0 cm³/mol. The van der Waals surface area contributed by atoms with Crippen molar-refractivity contribution in [1.82, 2.24) is 4.90 Å². The van der Waals surface area contributed by atoms with E-state index in [1.54, 1.807) is 12.1 Å². The molecule has 1 aromatic carbocycles. The molecule has 1 rings (SSSR count). The molecule has 0 saturated heterocycles. The van der Waals surface area contributed by atoms with E-state index in [0.29, 0.717) is 17.0 Å². The average molecular weight is 243 g/mol. The van der Waals surface area contributed by atoms with E-state index in [1.165, 1.54) is 6.07 Å². The Hall–Kier alpha value is -1.13. The van der Waals surface area contributed by atoms with Crippen molar-refractivity contribution in [3.05, 3.63) is 38.9 Å². The van der Waals surface area contributed by atoms with Crippen LogP contribution in [-0.2, 0) is 6.42 Å². The summed E-state index contributed by atoms with van der Waals surface area (Å²) in [5.74, 6) is 0. The molecule has 0 heterocycles. The standard InChI is InChI=1S/C11H15ClN2O2/c1-13(2)7-3-4-9-8-10(12)5-6-11(9)14(15)16/h5-6,8H,3-4,7H2,1-2H3. The van der Waals surface area contributed by atoms with Crippen molar-refractivity contribution in [3.8, 4) is 0 Å². The second kappa shape index (κ2) is 5.82. The smallest absolute Gasteiger partial charge is 0.272 e. The Morgan fingerprint density at radius 2 is 2.12 bits per heavy atom. The third-order valence-electron chi connectivity index (χ3n) is 2.29. The molecule has 4 nitrogen and oxygen atoms in total. The lowest BCUT2D eigenvalue weighted by Crippen LogP contribution is -2.13. The number of nitro benzene ring substituents is 1. The van der Waals surface area contributed by atoms with Crippen molar-refractivity contribution in [1.29, 1.82) is 0 Å². The fourth-order valence-corrected chi connectivity index (χ4v) is 1.71. The second-order valence-electron chi connectivity index (χ2n) is 3.94. The van der Waals surface area contributed by atoms with Crippen LogP contribution in [0.1, 0.15) is 12.0 Å². The highest BCUT2D eigenvalue weighted by molar-refractivity contribution is 6.30. The van der Waals surface area contributed by atoms with Crippen LogP contribution in [0.2, 0.25) is 5.02 Å². The topological polar surface area (TPSA) is 46.4 Å². The van der Waals surface area contributed by atoms with Gasteiger partial charge in [0.15, 0.2) is 0 Å². The van der Waals surface area contributed by atoms with Gasteiger partial charge < -0.3 is 4.90 Å². The summed E-state index contributed by atoms with van der Waals surface area (Å²) in [5, 5.41) is 11.3. The van der Waals surface area contributed by atoms with Crippen molar-refractivity contribution in [2.75, 3.05) is 20.6 Å². The van der Waals surface area contributed by atoms with Crippen LogP contribution in [0, 0.1) is 10.1 Å². The molecule has 5 heteroatoms. The maximum absolute atomic E-state index is 10.8. The van der Waals surface area contributed by atoms with Crippen molar-refractivity contribution < 1.29 is 4.92 Å². The van der Waals surface area contributed by atoms with Gasteiger partial charge in [-0.05, 0) is 45.6 Å². The zero-order valence-electron chi connectivity index (χ0n) is 9.44. The molecule has 0 unspecified atom stereocenters. The van der Waals surface area contributed by atoms with E-state index in [2.05, 4.69) is 4.90 Å². The summed E-state index contributed by atoms with van der Waals surface area (Å²) in [6, 6.07) is 4.69. The normalized spacial score (nSPS) is 10.8. The number of benzene rings is 1. The van der Waals surface area contributed by atoms with Crippen LogP contribution in [0.5, 0.6) is 0 Å². The minimum atomic E-state index is -0.360. The molecule has 16 heavy (non-hydrogen) atoms. The largest absolute Gasteiger partial charge is 0.309 e. The monoisotopic (exact) mass is 242 g/mol. The molecular weight excluding hydrogens is 228 g/mol. The Morgan fingerprint density at radius 3 is 2.69 bits per heavy atom. The Bertz CT molecular complexity index is 380. The SMILES string of the molecule is CN(C)CCCc1cc(Cl)ccc1[N+](=O)[O-]. The molecule has 1 aromatic rings.